The second-order valence-corrected chi connectivity index (χ2v) is 21.7. The molecule has 6 atom stereocenters. The lowest BCUT2D eigenvalue weighted by Crippen LogP contribution is -2.58. The number of pyridine rings is 1. The SMILES string of the molecule is C[C@@H]1CN(C(=O)[C@@H]2NC3(CCCCC3)[C@@]3(CNc4cc(C(F)(F)F)ncc43)[C@H]2c2cccc(Cl)c2F)c2ccc(C(=O)N3CCC4(CC3)C[C@@H]4C#Cc3cccc4c3CN([C@H]3CCC(=O)NC3=O)C4=O)cc2O1. The highest BCUT2D eigenvalue weighted by atomic mass is 35.5. The number of nitrogens with zero attached hydrogens (tertiary/aromatic N) is 4. The quantitative estimate of drug-likeness (QED) is 0.105. The van der Waals surface area contributed by atoms with E-state index in [-0.39, 0.29) is 83.7 Å². The van der Waals surface area contributed by atoms with Gasteiger partial charge in [-0.25, -0.2) is 4.39 Å². The van der Waals surface area contributed by atoms with Crippen molar-refractivity contribution in [2.24, 2.45) is 11.3 Å². The number of rotatable bonds is 4. The number of amides is 5. The fraction of sp³-hybridized carbons (Fsp3) is 0.455. The number of piperidine rings is 2. The molecule has 3 aromatic carbocycles. The van der Waals surface area contributed by atoms with E-state index in [9.17, 15) is 32.3 Å². The molecule has 2 saturated carbocycles. The molecule has 4 aromatic rings. The first-order valence-electron chi connectivity index (χ1n) is 25.2. The normalized spacial score (nSPS) is 27.5. The summed E-state index contributed by atoms with van der Waals surface area (Å²) in [4.78, 5) is 76.4. The minimum absolute atomic E-state index is 0.0281. The highest BCUT2D eigenvalue weighted by molar-refractivity contribution is 6.30. The summed E-state index contributed by atoms with van der Waals surface area (Å²) in [5, 5.41) is 9.22. The van der Waals surface area contributed by atoms with E-state index < -0.39 is 58.7 Å². The number of anilines is 2. The molecule has 7 heterocycles. The van der Waals surface area contributed by atoms with Crippen molar-refractivity contribution in [3.05, 3.63) is 117 Å². The largest absolute Gasteiger partial charge is 0.487 e. The average Bonchev–Trinajstić information content (AvgIpc) is 3.58. The Labute approximate surface area is 423 Å². The molecule has 2 aliphatic carbocycles. The van der Waals surface area contributed by atoms with Crippen molar-refractivity contribution in [3.63, 3.8) is 0 Å². The van der Waals surface area contributed by atoms with Crippen LogP contribution in [-0.2, 0) is 32.5 Å². The van der Waals surface area contributed by atoms with E-state index in [1.165, 1.54) is 17.2 Å². The number of halogens is 5. The number of aromatic nitrogens is 1. The number of carbonyl (C=O) groups is 5. The maximum atomic E-state index is 16.6. The maximum Gasteiger partial charge on any atom is 0.433 e. The number of hydrogen-bond acceptors (Lipinski definition) is 9. The average molecular weight is 1020 g/mol. The molecule has 5 fully saturated rings. The van der Waals surface area contributed by atoms with E-state index in [1.54, 1.807) is 47.4 Å². The van der Waals surface area contributed by atoms with E-state index in [1.807, 2.05) is 17.9 Å². The van der Waals surface area contributed by atoms with E-state index in [4.69, 9.17) is 16.3 Å². The minimum Gasteiger partial charge on any atom is -0.487 e. The Morgan fingerprint density at radius 3 is 2.52 bits per heavy atom. The zero-order chi connectivity index (χ0) is 50.8. The molecular formula is C55H52ClF4N7O6. The third-order valence-electron chi connectivity index (χ3n) is 17.4. The maximum absolute atomic E-state index is 16.6. The lowest BCUT2D eigenvalue weighted by Gasteiger charge is -2.48. The van der Waals surface area contributed by atoms with Gasteiger partial charge in [0.25, 0.3) is 11.8 Å². The van der Waals surface area contributed by atoms with E-state index in [0.29, 0.717) is 54.1 Å². The predicted molar refractivity (Wildman–Crippen MR) is 260 cm³/mol. The first kappa shape index (κ1) is 47.5. The van der Waals surface area contributed by atoms with Crippen LogP contribution in [0.15, 0.2) is 66.9 Å². The second kappa shape index (κ2) is 17.3. The van der Waals surface area contributed by atoms with Gasteiger partial charge in [-0.2, -0.15) is 13.2 Å². The van der Waals surface area contributed by atoms with Gasteiger partial charge in [-0.1, -0.05) is 60.9 Å². The van der Waals surface area contributed by atoms with E-state index in [0.717, 1.165) is 55.7 Å². The van der Waals surface area contributed by atoms with Crippen molar-refractivity contribution >= 4 is 52.5 Å². The Balaban J connectivity index is 0.777. The Bertz CT molecular complexity index is 3110. The van der Waals surface area contributed by atoms with Crippen molar-refractivity contribution < 1.29 is 46.3 Å². The Kier molecular flexibility index (Phi) is 11.3. The molecule has 0 radical (unpaired) electrons. The van der Waals surface area contributed by atoms with Gasteiger partial charge in [0.2, 0.25) is 17.7 Å². The smallest absolute Gasteiger partial charge is 0.433 e. The number of likely N-dealkylation sites (tertiary alicyclic amines) is 1. The summed E-state index contributed by atoms with van der Waals surface area (Å²) >= 11 is 6.48. The number of hydrogen-bond donors (Lipinski definition) is 3. The zero-order valence-corrected chi connectivity index (χ0v) is 40.7. The number of nitrogens with one attached hydrogen (secondary N) is 3. The third-order valence-corrected chi connectivity index (χ3v) is 17.7. The van der Waals surface area contributed by atoms with Gasteiger partial charge in [0.1, 0.15) is 29.4 Å². The van der Waals surface area contributed by atoms with Crippen molar-refractivity contribution in [3.8, 4) is 17.6 Å². The summed E-state index contributed by atoms with van der Waals surface area (Å²) < 4.78 is 65.1. The van der Waals surface area contributed by atoms with Gasteiger partial charge < -0.3 is 24.8 Å². The molecule has 0 unspecified atom stereocenters. The third kappa shape index (κ3) is 7.59. The number of fused-ring (bicyclic) bond motifs is 5. The molecule has 3 saturated heterocycles. The molecule has 3 spiro atoms. The minimum atomic E-state index is -4.69. The molecule has 0 bridgehead atoms. The molecule has 1 aromatic heterocycles. The van der Waals surface area contributed by atoms with Crippen molar-refractivity contribution in [2.45, 2.75) is 119 Å². The summed E-state index contributed by atoms with van der Waals surface area (Å²) in [6.07, 6.45) is 2.66. The van der Waals surface area contributed by atoms with Crippen LogP contribution in [0.3, 0.4) is 0 Å². The number of benzene rings is 3. The van der Waals surface area contributed by atoms with Gasteiger partial charge in [-0.15, -0.1) is 0 Å². The van der Waals surface area contributed by atoms with Crippen LogP contribution >= 0.6 is 11.6 Å². The van der Waals surface area contributed by atoms with Gasteiger partial charge in [-0.05, 0) is 104 Å². The zero-order valence-electron chi connectivity index (χ0n) is 40.0. The Morgan fingerprint density at radius 2 is 1.75 bits per heavy atom. The number of alkyl halides is 3. The summed E-state index contributed by atoms with van der Waals surface area (Å²) in [6, 6.07) is 14.4. The molecule has 6 aliphatic heterocycles. The highest BCUT2D eigenvalue weighted by Crippen LogP contribution is 2.63. The number of imide groups is 1. The molecule has 12 rings (SSSR count). The monoisotopic (exact) mass is 1020 g/mol. The van der Waals surface area contributed by atoms with Crippen LogP contribution < -0.4 is 25.6 Å². The lowest BCUT2D eigenvalue weighted by atomic mass is 9.56. The molecule has 378 valence electrons. The number of ether oxygens (including phenoxy) is 1. The molecule has 18 heteroatoms. The van der Waals surface area contributed by atoms with Gasteiger partial charge in [0.05, 0.1) is 23.3 Å². The molecular weight excluding hydrogens is 966 g/mol. The molecule has 13 nitrogen and oxygen atoms in total. The number of carbonyl (C=O) groups excluding carboxylic acids is 5. The predicted octanol–water partition coefficient (Wildman–Crippen LogP) is 7.88. The van der Waals surface area contributed by atoms with Crippen LogP contribution in [-0.4, -0.2) is 94.2 Å². The van der Waals surface area contributed by atoms with Crippen LogP contribution in [0, 0.1) is 29.0 Å². The van der Waals surface area contributed by atoms with Crippen LogP contribution in [0.4, 0.5) is 28.9 Å². The van der Waals surface area contributed by atoms with Crippen molar-refractivity contribution in [1.29, 1.82) is 0 Å². The Morgan fingerprint density at radius 1 is 0.973 bits per heavy atom. The van der Waals surface area contributed by atoms with Crippen LogP contribution in [0.5, 0.6) is 5.75 Å². The van der Waals surface area contributed by atoms with Crippen LogP contribution in [0.25, 0.3) is 0 Å². The molecule has 5 amide bonds. The highest BCUT2D eigenvalue weighted by Gasteiger charge is 2.69. The molecule has 73 heavy (non-hydrogen) atoms. The Hall–Kier alpha value is -6.51. The van der Waals surface area contributed by atoms with Crippen LogP contribution in [0.1, 0.15) is 126 Å². The van der Waals surface area contributed by atoms with Gasteiger partial charge in [0.15, 0.2) is 0 Å². The van der Waals surface area contributed by atoms with Gasteiger partial charge in [-0.3, -0.25) is 39.6 Å². The van der Waals surface area contributed by atoms with Gasteiger partial charge >= 0.3 is 6.18 Å². The standard InChI is InChI=1S/C55H52ClF4N7O6/c1-30-27-66(51(72)47-45(35-9-6-10-38(56)46(35)57)54(53(64-47)17-3-2-4-18-53)29-62-39-24-43(55(58,59)60)61-26-37(39)54)40-14-12-32(23-42(40)73-30)49(70)65-21-19-52(20-22-65)25-33(52)13-11-31-7-5-8-34-36(31)28-67(50(34)71)41-15-16-44(68)63-48(41)69/h5-10,12,14,23-24,26,30,33,41,45,47,62,64H,2-4,15-22,25,27-29H2,1H3,(H,63,68,69)/t30-,33+,41+,45+,47-,54-/m1/s1. The summed E-state index contributed by atoms with van der Waals surface area (Å²) in [6.45, 7) is 3.41. The molecule has 3 N–H and O–H groups in total. The topological polar surface area (TPSA) is 153 Å². The van der Waals surface area contributed by atoms with Crippen LogP contribution in [0.2, 0.25) is 5.02 Å². The fourth-order valence-electron chi connectivity index (χ4n) is 13.7. The van der Waals surface area contributed by atoms with E-state index >= 15 is 9.18 Å². The van der Waals surface area contributed by atoms with Crippen molar-refractivity contribution in [2.75, 3.05) is 36.4 Å². The fourth-order valence-corrected chi connectivity index (χ4v) is 13.8. The second-order valence-electron chi connectivity index (χ2n) is 21.3. The summed E-state index contributed by atoms with van der Waals surface area (Å²) in [5.41, 5.74) is 0.816. The first-order chi connectivity index (χ1) is 35.0. The first-order valence-corrected chi connectivity index (χ1v) is 25.6. The summed E-state index contributed by atoms with van der Waals surface area (Å²) in [7, 11) is 0. The molecule has 8 aliphatic rings. The van der Waals surface area contributed by atoms with Gasteiger partial charge in [0, 0.05) is 89.5 Å². The summed E-state index contributed by atoms with van der Waals surface area (Å²) in [5.74, 6) is 4.08. The van der Waals surface area contributed by atoms with Crippen molar-refractivity contribution in [1.82, 2.24) is 25.4 Å². The lowest BCUT2D eigenvalue weighted by molar-refractivity contribution is -0.141. The van der Waals surface area contributed by atoms with E-state index in [2.05, 4.69) is 32.8 Å².